The predicted molar refractivity (Wildman–Crippen MR) is 158 cm³/mol. The maximum Gasteiger partial charge on any atom is 0.270 e. The van der Waals surface area contributed by atoms with Gasteiger partial charge in [0.15, 0.2) is 6.61 Å². The van der Waals surface area contributed by atoms with Crippen LogP contribution in [0.2, 0.25) is 0 Å². The van der Waals surface area contributed by atoms with Crippen LogP contribution in [0.25, 0.3) is 11.0 Å². The van der Waals surface area contributed by atoms with Gasteiger partial charge in [-0.2, -0.15) is 0 Å². The third kappa shape index (κ3) is 7.74. The van der Waals surface area contributed by atoms with E-state index in [-0.39, 0.29) is 33.6 Å². The molecule has 2 amide bonds. The molecule has 0 aliphatic rings. The highest BCUT2D eigenvalue weighted by molar-refractivity contribution is 7.91. The van der Waals surface area contributed by atoms with Crippen molar-refractivity contribution >= 4 is 43.7 Å². The third-order valence-electron chi connectivity index (χ3n) is 6.16. The first kappa shape index (κ1) is 31.6. The van der Waals surface area contributed by atoms with Crippen molar-refractivity contribution in [3.05, 3.63) is 72.1 Å². The number of benzene rings is 2. The average Bonchev–Trinajstić information content (AvgIpc) is 3.40. The zero-order valence-corrected chi connectivity index (χ0v) is 25.2. The van der Waals surface area contributed by atoms with Crippen LogP contribution in [0, 0.1) is 6.92 Å². The normalized spacial score (nSPS) is 12.1. The number of hydrogen-bond acceptors (Lipinski definition) is 10. The number of aromatic nitrogens is 3. The van der Waals surface area contributed by atoms with Crippen molar-refractivity contribution in [3.8, 4) is 11.5 Å². The molecule has 0 saturated carbocycles. The van der Waals surface area contributed by atoms with E-state index >= 15 is 0 Å². The maximum absolute atomic E-state index is 13.9. The number of carbonyl (C=O) groups is 2. The van der Waals surface area contributed by atoms with Gasteiger partial charge in [-0.3, -0.25) is 18.8 Å². The van der Waals surface area contributed by atoms with Crippen molar-refractivity contribution in [2.45, 2.75) is 29.1 Å². The lowest BCUT2D eigenvalue weighted by molar-refractivity contribution is -0.126. The summed E-state index contributed by atoms with van der Waals surface area (Å²) in [5.41, 5.74) is 6.79. The Bertz CT molecular complexity index is 1740. The van der Waals surface area contributed by atoms with Gasteiger partial charge in [0.25, 0.3) is 15.9 Å². The minimum absolute atomic E-state index is 0.0927. The Morgan fingerprint density at radius 3 is 2.51 bits per heavy atom. The number of para-hydroxylation sites is 2. The Labute approximate surface area is 250 Å². The van der Waals surface area contributed by atoms with E-state index in [2.05, 4.69) is 15.3 Å². The van der Waals surface area contributed by atoms with Gasteiger partial charge in [0.2, 0.25) is 11.1 Å². The second kappa shape index (κ2) is 14.2. The van der Waals surface area contributed by atoms with Gasteiger partial charge in [-0.25, -0.2) is 17.4 Å². The fourth-order valence-electron chi connectivity index (χ4n) is 3.99. The minimum atomic E-state index is -4.27. The van der Waals surface area contributed by atoms with Crippen molar-refractivity contribution in [1.82, 2.24) is 19.3 Å². The van der Waals surface area contributed by atoms with E-state index in [1.165, 1.54) is 24.3 Å². The molecule has 1 atom stereocenters. The van der Waals surface area contributed by atoms with Gasteiger partial charge < -0.3 is 25.3 Å². The zero-order valence-electron chi connectivity index (χ0n) is 23.5. The van der Waals surface area contributed by atoms with Gasteiger partial charge in [-0.05, 0) is 49.4 Å². The molecule has 15 heteroatoms. The molecule has 0 aliphatic heterocycles. The van der Waals surface area contributed by atoms with Gasteiger partial charge in [-0.1, -0.05) is 12.1 Å². The van der Waals surface area contributed by atoms with Crippen LogP contribution in [0.4, 0.5) is 0 Å². The summed E-state index contributed by atoms with van der Waals surface area (Å²) in [7, 11) is -4.57. The fourth-order valence-corrected chi connectivity index (χ4v) is 7.04. The van der Waals surface area contributed by atoms with Crippen molar-refractivity contribution in [3.63, 3.8) is 0 Å². The molecule has 2 aromatic carbocycles. The van der Waals surface area contributed by atoms with Gasteiger partial charge in [0.05, 0.1) is 51.3 Å². The lowest BCUT2D eigenvalue weighted by Crippen LogP contribution is -2.36. The van der Waals surface area contributed by atoms with E-state index in [0.717, 1.165) is 3.97 Å². The largest absolute Gasteiger partial charge is 0.493 e. The van der Waals surface area contributed by atoms with Crippen molar-refractivity contribution in [2.75, 3.05) is 33.5 Å². The first-order chi connectivity index (χ1) is 20.6. The van der Waals surface area contributed by atoms with Crippen LogP contribution in [0.5, 0.6) is 11.5 Å². The van der Waals surface area contributed by atoms with E-state index < -0.39 is 39.2 Å². The summed E-state index contributed by atoms with van der Waals surface area (Å²) in [6.45, 7) is 2.06. The molecule has 0 aliphatic carbocycles. The van der Waals surface area contributed by atoms with Gasteiger partial charge in [-0.15, -0.1) is 0 Å². The van der Waals surface area contributed by atoms with Crippen LogP contribution in [-0.4, -0.2) is 71.9 Å². The van der Waals surface area contributed by atoms with Crippen LogP contribution in [0.1, 0.15) is 17.7 Å². The van der Waals surface area contributed by atoms with Gasteiger partial charge in [0, 0.05) is 31.9 Å². The number of imidazole rings is 1. The van der Waals surface area contributed by atoms with E-state index in [1.54, 1.807) is 50.6 Å². The summed E-state index contributed by atoms with van der Waals surface area (Å²) in [6, 6.07) is 13.7. The quantitative estimate of drug-likeness (QED) is 0.184. The summed E-state index contributed by atoms with van der Waals surface area (Å²) < 4.78 is 58.7. The number of ether oxygens (including phenoxy) is 3. The maximum atomic E-state index is 13.9. The van der Waals surface area contributed by atoms with E-state index in [1.807, 2.05) is 0 Å². The van der Waals surface area contributed by atoms with Gasteiger partial charge in [0.1, 0.15) is 11.5 Å². The number of nitrogens with two attached hydrogens (primary N) is 1. The highest BCUT2D eigenvalue weighted by atomic mass is 32.2. The summed E-state index contributed by atoms with van der Waals surface area (Å²) in [6.07, 6.45) is 2.25. The number of amides is 2. The monoisotopic (exact) mass is 629 g/mol. The molecule has 4 aromatic rings. The van der Waals surface area contributed by atoms with Crippen LogP contribution in [0.3, 0.4) is 0 Å². The minimum Gasteiger partial charge on any atom is -0.493 e. The number of primary amides is 1. The molecule has 0 radical (unpaired) electrons. The van der Waals surface area contributed by atoms with Crippen LogP contribution in [0.15, 0.2) is 70.8 Å². The Morgan fingerprint density at radius 2 is 1.79 bits per heavy atom. The van der Waals surface area contributed by atoms with Crippen LogP contribution < -0.4 is 20.5 Å². The molecule has 0 saturated heterocycles. The summed E-state index contributed by atoms with van der Waals surface area (Å²) in [5, 5.41) is 2.14. The van der Waals surface area contributed by atoms with Crippen LogP contribution >= 0.6 is 0 Å². The SMILES string of the molecule is COCCCOc1ccnc(CS(=O)c2nc3ccccc3n2S(=O)(=O)c2ccc(OCC(=O)NCC(N)=O)cc2)c1C. The van der Waals surface area contributed by atoms with Crippen molar-refractivity contribution in [2.24, 2.45) is 5.73 Å². The number of fused-ring (bicyclic) bond motifs is 1. The van der Waals surface area contributed by atoms with E-state index in [9.17, 15) is 22.2 Å². The number of rotatable bonds is 15. The smallest absolute Gasteiger partial charge is 0.270 e. The molecule has 0 fully saturated rings. The number of hydrogen-bond donors (Lipinski definition) is 2. The Morgan fingerprint density at radius 1 is 1.05 bits per heavy atom. The molecule has 0 spiro atoms. The van der Waals surface area contributed by atoms with E-state index in [0.29, 0.717) is 42.2 Å². The highest BCUT2D eigenvalue weighted by Crippen LogP contribution is 2.28. The third-order valence-corrected chi connectivity index (χ3v) is 9.21. The molecule has 2 heterocycles. The van der Waals surface area contributed by atoms with Crippen LogP contribution in [-0.2, 0) is 40.9 Å². The molecule has 43 heavy (non-hydrogen) atoms. The Kier molecular flexibility index (Phi) is 10.4. The predicted octanol–water partition coefficient (Wildman–Crippen LogP) is 1.68. The number of methoxy groups -OCH3 is 1. The molecule has 2 aromatic heterocycles. The molecule has 13 nitrogen and oxygen atoms in total. The highest BCUT2D eigenvalue weighted by Gasteiger charge is 2.28. The fraction of sp³-hybridized carbons (Fsp3) is 0.286. The van der Waals surface area contributed by atoms with Crippen molar-refractivity contribution < 1.29 is 36.4 Å². The average molecular weight is 630 g/mol. The molecule has 3 N–H and O–H groups in total. The molecule has 0 bridgehead atoms. The van der Waals surface area contributed by atoms with Gasteiger partial charge >= 0.3 is 0 Å². The first-order valence-electron chi connectivity index (χ1n) is 13.1. The summed E-state index contributed by atoms with van der Waals surface area (Å²) in [4.78, 5) is 31.3. The lowest BCUT2D eigenvalue weighted by atomic mass is 10.2. The lowest BCUT2D eigenvalue weighted by Gasteiger charge is -2.13. The number of pyridine rings is 1. The second-order valence-corrected chi connectivity index (χ2v) is 12.4. The number of carbonyl (C=O) groups excluding carboxylic acids is 2. The molecule has 4 rings (SSSR count). The Balaban J connectivity index is 1.59. The molecular formula is C28H31N5O8S2. The molecule has 228 valence electrons. The molecular weight excluding hydrogens is 598 g/mol. The number of nitrogens with zero attached hydrogens (tertiary/aromatic N) is 3. The first-order valence-corrected chi connectivity index (χ1v) is 15.8. The number of nitrogens with one attached hydrogen (secondary N) is 1. The summed E-state index contributed by atoms with van der Waals surface area (Å²) in [5.74, 6) is -0.548. The topological polar surface area (TPSA) is 182 Å². The van der Waals surface area contributed by atoms with E-state index in [4.69, 9.17) is 19.9 Å². The van der Waals surface area contributed by atoms with Crippen molar-refractivity contribution in [1.29, 1.82) is 0 Å². The summed E-state index contributed by atoms with van der Waals surface area (Å²) >= 11 is 0. The molecule has 1 unspecified atom stereocenters. The Hall–Kier alpha value is -4.34. The zero-order chi connectivity index (χ0) is 31.0. The standard InChI is InChI=1S/C28H31N5O8S2/c1-19-23(30-13-12-25(19)40-15-5-14-39-2)18-42(36)28-32-22-6-3-4-7-24(22)33(28)43(37,38)21-10-8-20(9-11-21)41-17-27(35)31-16-26(29)34/h3-4,6-13H,5,14-18H2,1-2H3,(H2,29,34)(H,31,35). The second-order valence-electron chi connectivity index (χ2n) is 9.22.